The minimum atomic E-state index is -0.781. The first-order valence-corrected chi connectivity index (χ1v) is 35.3. The highest BCUT2D eigenvalue weighted by Crippen LogP contribution is 2.18. The Labute approximate surface area is 498 Å². The molecular weight excluding hydrogens is 985 g/mol. The van der Waals surface area contributed by atoms with Crippen molar-refractivity contribution in [3.63, 3.8) is 0 Å². The number of allylic oxidation sites excluding steroid dienone is 10. The van der Waals surface area contributed by atoms with Gasteiger partial charge in [0, 0.05) is 19.3 Å². The molecule has 0 heterocycles. The summed E-state index contributed by atoms with van der Waals surface area (Å²) in [7, 11) is 0. The Morgan fingerprint density at radius 1 is 0.263 bits per heavy atom. The zero-order valence-corrected chi connectivity index (χ0v) is 53.6. The van der Waals surface area contributed by atoms with Crippen molar-refractivity contribution in [1.29, 1.82) is 0 Å². The van der Waals surface area contributed by atoms with Crippen molar-refractivity contribution >= 4 is 17.9 Å². The fourth-order valence-corrected chi connectivity index (χ4v) is 10.5. The molecule has 0 saturated carbocycles. The molecule has 0 spiro atoms. The molecule has 0 N–H and O–H groups in total. The molecule has 466 valence electrons. The van der Waals surface area contributed by atoms with Gasteiger partial charge in [0.2, 0.25) is 0 Å². The predicted octanol–water partition coefficient (Wildman–Crippen LogP) is 24.3. The SMILES string of the molecule is CC/C=C\C/C=C\C/C=C\C/C=C\CCCCCCCCCCC(=O)OC(COC(=O)CCCCCCCCC/C=C\CCCCCCCCC)COC(=O)CCCCCCCCCCCCCCCCCCCCCCCCC. The van der Waals surface area contributed by atoms with E-state index in [-0.39, 0.29) is 31.1 Å². The van der Waals surface area contributed by atoms with Crippen molar-refractivity contribution in [2.75, 3.05) is 13.2 Å². The minimum absolute atomic E-state index is 0.0749. The van der Waals surface area contributed by atoms with Gasteiger partial charge < -0.3 is 14.2 Å². The third-order valence-electron chi connectivity index (χ3n) is 15.8. The van der Waals surface area contributed by atoms with Gasteiger partial charge in [0.1, 0.15) is 13.2 Å². The highest BCUT2D eigenvalue weighted by Gasteiger charge is 2.19. The average Bonchev–Trinajstić information content (AvgIpc) is 3.46. The zero-order chi connectivity index (χ0) is 57.8. The van der Waals surface area contributed by atoms with E-state index >= 15 is 0 Å². The lowest BCUT2D eigenvalue weighted by molar-refractivity contribution is -0.167. The van der Waals surface area contributed by atoms with Gasteiger partial charge in [-0.3, -0.25) is 14.4 Å². The summed E-state index contributed by atoms with van der Waals surface area (Å²) in [5.74, 6) is -0.862. The third kappa shape index (κ3) is 65.9. The van der Waals surface area contributed by atoms with Crippen LogP contribution >= 0.6 is 0 Å². The van der Waals surface area contributed by atoms with Gasteiger partial charge in [-0.25, -0.2) is 0 Å². The lowest BCUT2D eigenvalue weighted by Crippen LogP contribution is -2.30. The lowest BCUT2D eigenvalue weighted by Gasteiger charge is -2.18. The number of rotatable bonds is 65. The Bertz CT molecular complexity index is 1430. The van der Waals surface area contributed by atoms with Crippen LogP contribution in [0.15, 0.2) is 60.8 Å². The number of ether oxygens (including phenoxy) is 3. The Hall–Kier alpha value is -2.89. The van der Waals surface area contributed by atoms with Gasteiger partial charge in [0.25, 0.3) is 0 Å². The second-order valence-electron chi connectivity index (χ2n) is 23.8. The highest BCUT2D eigenvalue weighted by molar-refractivity contribution is 5.71. The van der Waals surface area contributed by atoms with Gasteiger partial charge in [-0.2, -0.15) is 0 Å². The van der Waals surface area contributed by atoms with Crippen LogP contribution in [-0.4, -0.2) is 37.2 Å². The topological polar surface area (TPSA) is 78.9 Å². The summed E-state index contributed by atoms with van der Waals surface area (Å²) in [6, 6.07) is 0. The molecule has 0 radical (unpaired) electrons. The van der Waals surface area contributed by atoms with E-state index in [9.17, 15) is 14.4 Å². The summed E-state index contributed by atoms with van der Waals surface area (Å²) in [6.07, 6.45) is 88.1. The van der Waals surface area contributed by atoms with Crippen LogP contribution in [0.4, 0.5) is 0 Å². The van der Waals surface area contributed by atoms with E-state index in [1.165, 1.54) is 244 Å². The molecule has 0 aliphatic heterocycles. The fraction of sp³-hybridized carbons (Fsp3) is 0.824. The molecule has 1 unspecified atom stereocenters. The summed E-state index contributed by atoms with van der Waals surface area (Å²) in [5.41, 5.74) is 0. The van der Waals surface area contributed by atoms with E-state index < -0.39 is 6.10 Å². The monoisotopic (exact) mass is 1120 g/mol. The van der Waals surface area contributed by atoms with Crippen LogP contribution in [0.25, 0.3) is 0 Å². The standard InChI is InChI=1S/C74H134O6/c1-4-7-10-13-16-19-22-25-28-31-34-36-37-39-40-43-46-49-52-55-58-61-64-67-73(76)79-70-71(69-78-72(75)66-63-60-57-54-51-48-45-42-33-30-27-24-21-18-15-12-9-6-3)80-74(77)68-65-62-59-56-53-50-47-44-41-38-35-32-29-26-23-20-17-14-11-8-5-2/h8,11,17,20,26,29-30,33,35,38,71H,4-7,9-10,12-16,18-19,21-25,27-28,31-32,34,36-37,39-70H2,1-3H3/b11-8-,20-17-,29-26-,33-30-,38-35-. The Morgan fingerprint density at radius 3 is 0.775 bits per heavy atom. The van der Waals surface area contributed by atoms with Crippen LogP contribution in [-0.2, 0) is 28.6 Å². The Morgan fingerprint density at radius 2 is 0.487 bits per heavy atom. The number of carbonyl (C=O) groups is 3. The lowest BCUT2D eigenvalue weighted by atomic mass is 10.0. The van der Waals surface area contributed by atoms with Crippen LogP contribution in [0, 0.1) is 0 Å². The smallest absolute Gasteiger partial charge is 0.306 e. The van der Waals surface area contributed by atoms with Gasteiger partial charge >= 0.3 is 17.9 Å². The molecular formula is C74H134O6. The van der Waals surface area contributed by atoms with Crippen LogP contribution in [0.2, 0.25) is 0 Å². The summed E-state index contributed by atoms with van der Waals surface area (Å²) < 4.78 is 17.0. The molecule has 0 amide bonds. The first-order chi connectivity index (χ1) is 39.5. The average molecular weight is 1120 g/mol. The van der Waals surface area contributed by atoms with E-state index in [0.29, 0.717) is 19.3 Å². The number of unbranched alkanes of at least 4 members (excludes halogenated alkanes) is 44. The molecule has 6 heteroatoms. The number of hydrogen-bond donors (Lipinski definition) is 0. The van der Waals surface area contributed by atoms with Gasteiger partial charge in [0.05, 0.1) is 0 Å². The Balaban J connectivity index is 4.34. The zero-order valence-electron chi connectivity index (χ0n) is 53.6. The van der Waals surface area contributed by atoms with E-state index in [1.54, 1.807) is 0 Å². The molecule has 0 aliphatic rings. The maximum absolute atomic E-state index is 13.0. The largest absolute Gasteiger partial charge is 0.462 e. The number of esters is 3. The third-order valence-corrected chi connectivity index (χ3v) is 15.8. The van der Waals surface area contributed by atoms with Crippen molar-refractivity contribution in [2.45, 2.75) is 380 Å². The van der Waals surface area contributed by atoms with Crippen molar-refractivity contribution in [3.8, 4) is 0 Å². The summed E-state index contributed by atoms with van der Waals surface area (Å²) in [6.45, 7) is 6.58. The first kappa shape index (κ1) is 77.1. The first-order valence-electron chi connectivity index (χ1n) is 35.3. The summed E-state index contributed by atoms with van der Waals surface area (Å²) in [4.78, 5) is 38.5. The van der Waals surface area contributed by atoms with Crippen molar-refractivity contribution in [3.05, 3.63) is 60.8 Å². The predicted molar refractivity (Wildman–Crippen MR) is 348 cm³/mol. The second-order valence-corrected chi connectivity index (χ2v) is 23.8. The van der Waals surface area contributed by atoms with E-state index in [2.05, 4.69) is 81.5 Å². The maximum atomic E-state index is 13.0. The van der Waals surface area contributed by atoms with Gasteiger partial charge in [0.15, 0.2) is 6.10 Å². The van der Waals surface area contributed by atoms with Crippen LogP contribution < -0.4 is 0 Å². The normalized spacial score (nSPS) is 12.4. The van der Waals surface area contributed by atoms with Gasteiger partial charge in [-0.15, -0.1) is 0 Å². The maximum Gasteiger partial charge on any atom is 0.306 e. The minimum Gasteiger partial charge on any atom is -0.462 e. The van der Waals surface area contributed by atoms with Gasteiger partial charge in [-0.05, 0) is 83.5 Å². The molecule has 0 saturated heterocycles. The molecule has 0 rings (SSSR count). The summed E-state index contributed by atoms with van der Waals surface area (Å²) >= 11 is 0. The second kappa shape index (κ2) is 68.6. The van der Waals surface area contributed by atoms with Crippen LogP contribution in [0.3, 0.4) is 0 Å². The van der Waals surface area contributed by atoms with Crippen LogP contribution in [0.5, 0.6) is 0 Å². The van der Waals surface area contributed by atoms with E-state index in [0.717, 1.165) is 89.9 Å². The van der Waals surface area contributed by atoms with Gasteiger partial charge in [-0.1, -0.05) is 332 Å². The van der Waals surface area contributed by atoms with Crippen molar-refractivity contribution < 1.29 is 28.6 Å². The van der Waals surface area contributed by atoms with E-state index in [4.69, 9.17) is 14.2 Å². The molecule has 80 heavy (non-hydrogen) atoms. The molecule has 1 atom stereocenters. The fourth-order valence-electron chi connectivity index (χ4n) is 10.5. The molecule has 6 nitrogen and oxygen atoms in total. The van der Waals surface area contributed by atoms with E-state index in [1.807, 2.05) is 0 Å². The quantitative estimate of drug-likeness (QED) is 0.0261. The molecule has 0 aromatic carbocycles. The highest BCUT2D eigenvalue weighted by atomic mass is 16.6. The van der Waals surface area contributed by atoms with Crippen molar-refractivity contribution in [1.82, 2.24) is 0 Å². The number of carbonyl (C=O) groups excluding carboxylic acids is 3. The molecule has 0 aromatic rings. The molecule has 0 aliphatic carbocycles. The Kier molecular flexibility index (Phi) is 66.1. The molecule has 0 fully saturated rings. The summed E-state index contributed by atoms with van der Waals surface area (Å²) in [5, 5.41) is 0. The van der Waals surface area contributed by atoms with Crippen molar-refractivity contribution in [2.24, 2.45) is 0 Å². The molecule has 0 bridgehead atoms. The van der Waals surface area contributed by atoms with Crippen LogP contribution in [0.1, 0.15) is 374 Å². The number of hydrogen-bond acceptors (Lipinski definition) is 6. The molecule has 0 aromatic heterocycles.